The zero-order valence-corrected chi connectivity index (χ0v) is 67.0. The minimum Gasteiger partial charge on any atom is -0.497 e. The molecule has 0 unspecified atom stereocenters. The van der Waals surface area contributed by atoms with E-state index in [0.717, 1.165) is 117 Å². The van der Waals surface area contributed by atoms with Crippen LogP contribution in [-0.4, -0.2) is 115 Å². The van der Waals surface area contributed by atoms with E-state index < -0.39 is 17.9 Å². The second-order valence-corrected chi connectivity index (χ2v) is 28.4. The molecule has 0 saturated heterocycles. The number of aliphatic carboxylic acids is 3. The van der Waals surface area contributed by atoms with Gasteiger partial charge in [0.2, 0.25) is 11.8 Å². The maximum atomic E-state index is 14.3. The molecule has 0 radical (unpaired) electrons. The Bertz CT molecular complexity index is 5360. The lowest BCUT2D eigenvalue weighted by Gasteiger charge is -2.14. The quantitative estimate of drug-likeness (QED) is 0.0139. The van der Waals surface area contributed by atoms with Gasteiger partial charge in [0.05, 0.1) is 124 Å². The minimum absolute atomic E-state index is 0.0388. The van der Waals surface area contributed by atoms with Crippen molar-refractivity contribution in [3.8, 4) is 40.2 Å². The second kappa shape index (κ2) is 38.4. The molecule has 3 aliphatic rings. The third-order valence-corrected chi connectivity index (χ3v) is 21.1. The van der Waals surface area contributed by atoms with Crippen molar-refractivity contribution in [2.75, 3.05) is 55.5 Å². The number of aryl methyl sites for hydroxylation is 2. The number of amides is 2. The van der Waals surface area contributed by atoms with E-state index in [1.807, 2.05) is 147 Å². The van der Waals surface area contributed by atoms with Crippen molar-refractivity contribution in [2.45, 2.75) is 83.8 Å². The lowest BCUT2D eigenvalue weighted by Crippen LogP contribution is -2.23. The summed E-state index contributed by atoms with van der Waals surface area (Å²) in [5, 5.41) is 36.9. The van der Waals surface area contributed by atoms with Crippen LogP contribution in [0.15, 0.2) is 172 Å². The maximum Gasteiger partial charge on any atom is 0.308 e. The zero-order valence-electron chi connectivity index (χ0n) is 65.3. The van der Waals surface area contributed by atoms with Crippen LogP contribution in [0.2, 0.25) is 0 Å². The van der Waals surface area contributed by atoms with Crippen LogP contribution in [0.25, 0.3) is 56.5 Å². The van der Waals surface area contributed by atoms with E-state index in [1.54, 1.807) is 57.9 Å². The Morgan fingerprint density at radius 1 is 0.500 bits per heavy atom. The average Bonchev–Trinajstić information content (AvgIpc) is 1.62. The highest BCUT2D eigenvalue weighted by atomic mass is 32.2. The number of benzene rings is 6. The van der Waals surface area contributed by atoms with Crippen LogP contribution in [0.4, 0.5) is 10.1 Å². The molecule has 590 valence electrons. The van der Waals surface area contributed by atoms with E-state index >= 15 is 0 Å². The van der Waals surface area contributed by atoms with Crippen LogP contribution in [0.5, 0.6) is 40.2 Å². The summed E-state index contributed by atoms with van der Waals surface area (Å²) in [6.07, 6.45) is 11.9. The van der Waals surface area contributed by atoms with Crippen LogP contribution in [-0.2, 0) is 70.5 Å². The summed E-state index contributed by atoms with van der Waals surface area (Å²) in [4.78, 5) is 64.6. The first kappa shape index (κ1) is 83.7. The number of ether oxygens (including phenoxy) is 7. The molecule has 0 fully saturated rings. The number of aromatic nitrogens is 2. The van der Waals surface area contributed by atoms with Crippen LogP contribution >= 0.6 is 24.0 Å². The van der Waals surface area contributed by atoms with Gasteiger partial charge >= 0.3 is 17.9 Å². The maximum absolute atomic E-state index is 14.3. The van der Waals surface area contributed by atoms with Gasteiger partial charge in [0.15, 0.2) is 5.69 Å². The smallest absolute Gasteiger partial charge is 0.308 e. The highest BCUT2D eigenvalue weighted by Crippen LogP contribution is 2.50. The van der Waals surface area contributed by atoms with Crippen molar-refractivity contribution in [3.05, 3.63) is 258 Å². The number of rotatable bonds is 30. The number of methoxy groups -OCH3 is 7. The number of carboxylic acid groups (broad SMARTS) is 3. The number of carboxylic acids is 3. The molecular weight excluding hydrogens is 1490 g/mol. The molecule has 6 N–H and O–H groups in total. The molecule has 114 heavy (non-hydrogen) atoms. The van der Waals surface area contributed by atoms with Gasteiger partial charge in [0.1, 0.15) is 51.8 Å². The molecule has 3 aromatic heterocycles. The van der Waals surface area contributed by atoms with E-state index in [4.69, 9.17) is 61.5 Å². The van der Waals surface area contributed by atoms with Gasteiger partial charge in [-0.25, -0.2) is 9.24 Å². The van der Waals surface area contributed by atoms with E-state index in [2.05, 4.69) is 33.8 Å². The highest BCUT2D eigenvalue weighted by Gasteiger charge is 2.31. The Balaban J connectivity index is 0.000000181. The van der Waals surface area contributed by atoms with E-state index in [-0.39, 0.29) is 49.7 Å². The van der Waals surface area contributed by atoms with Gasteiger partial charge in [-0.15, -0.1) is 11.8 Å². The second-order valence-electron chi connectivity index (χ2n) is 26.8. The number of carbonyl (C=O) groups is 5. The predicted octanol–water partition coefficient (Wildman–Crippen LogP) is 16.8. The van der Waals surface area contributed by atoms with Crippen molar-refractivity contribution in [3.63, 3.8) is 0 Å². The van der Waals surface area contributed by atoms with Crippen LogP contribution < -0.4 is 49.1 Å². The SMILES string of the molecule is COc1cc(/C=C2/C(C)=C(CC(=O)NCc3cccn3C)c3cc(F)ccc32)cc(OC)c1CC(=O)O.COc1ccc2c(c1)C(CC(=O)NCc1cccn1C)=C(C)/C2=C/c1cc(OC)c(CC(=O)O)c(OC)c1.[C-]#[N+]c1ccc2c(c1)C(CC(=S)NCc1ccco1)=C(C)/C2=C/c1cc(OC)c(SCCC(=O)O)c(OC)c1. The van der Waals surface area contributed by atoms with Gasteiger partial charge < -0.3 is 78.0 Å². The summed E-state index contributed by atoms with van der Waals surface area (Å²) < 4.78 is 62.3. The molecule has 0 atom stereocenters. The normalized spacial score (nSPS) is 13.4. The van der Waals surface area contributed by atoms with Gasteiger partial charge in [-0.3, -0.25) is 24.0 Å². The molecule has 0 saturated carbocycles. The number of nitrogens with one attached hydrogen (secondary N) is 3. The Morgan fingerprint density at radius 3 is 1.33 bits per heavy atom. The van der Waals surface area contributed by atoms with Gasteiger partial charge in [0.25, 0.3) is 0 Å². The summed E-state index contributed by atoms with van der Waals surface area (Å²) in [5.41, 5.74) is 19.8. The molecular formula is C89H89FN6O16S2. The molecule has 0 aliphatic heterocycles. The number of hydrogen-bond donors (Lipinski definition) is 6. The van der Waals surface area contributed by atoms with Crippen molar-refractivity contribution in [1.82, 2.24) is 25.1 Å². The number of furan rings is 1. The third kappa shape index (κ3) is 20.1. The summed E-state index contributed by atoms with van der Waals surface area (Å²) in [6.45, 7) is 14.8. The summed E-state index contributed by atoms with van der Waals surface area (Å²) in [5.74, 6) is 1.38. The number of fused-ring (bicyclic) bond motifs is 3. The van der Waals surface area contributed by atoms with Crippen LogP contribution in [0.1, 0.15) is 125 Å². The molecule has 2 amide bonds. The number of thioether (sulfide) groups is 1. The van der Waals surface area contributed by atoms with Gasteiger partial charge in [-0.1, -0.05) is 36.5 Å². The average molecular weight is 1580 g/mol. The zero-order chi connectivity index (χ0) is 82.0. The topological polar surface area (TPSA) is 274 Å². The fourth-order valence-electron chi connectivity index (χ4n) is 13.9. The number of thiocarbonyl (C=S) groups is 1. The van der Waals surface area contributed by atoms with Crippen molar-refractivity contribution in [2.24, 2.45) is 14.1 Å². The monoisotopic (exact) mass is 1580 g/mol. The Morgan fingerprint density at radius 2 is 0.930 bits per heavy atom. The number of carbonyl (C=O) groups excluding carboxylic acids is 2. The van der Waals surface area contributed by atoms with E-state index in [0.29, 0.717) is 99.4 Å². The van der Waals surface area contributed by atoms with Crippen LogP contribution in [0, 0.1) is 12.4 Å². The van der Waals surface area contributed by atoms with Crippen molar-refractivity contribution < 1.29 is 81.3 Å². The van der Waals surface area contributed by atoms with Gasteiger partial charge in [-0.2, -0.15) is 0 Å². The number of allylic oxidation sites excluding steroid dienone is 6. The van der Waals surface area contributed by atoms with Gasteiger partial charge in [-0.05, 0) is 242 Å². The molecule has 0 bridgehead atoms. The summed E-state index contributed by atoms with van der Waals surface area (Å²) >= 11 is 7.06. The van der Waals surface area contributed by atoms with Crippen molar-refractivity contribution in [1.29, 1.82) is 0 Å². The first-order valence-electron chi connectivity index (χ1n) is 36.1. The summed E-state index contributed by atoms with van der Waals surface area (Å²) in [7, 11) is 14.6. The summed E-state index contributed by atoms with van der Waals surface area (Å²) in [6, 6.07) is 38.6. The molecule has 9 aromatic rings. The lowest BCUT2D eigenvalue weighted by molar-refractivity contribution is -0.137. The van der Waals surface area contributed by atoms with E-state index in [1.165, 1.54) is 52.3 Å². The Kier molecular flexibility index (Phi) is 28.2. The number of halogens is 1. The lowest BCUT2D eigenvalue weighted by atomic mass is 9.98. The van der Waals surface area contributed by atoms with Crippen molar-refractivity contribution >= 4 is 116 Å². The fraction of sp³-hybridized carbons (Fsp3) is 0.247. The molecule has 3 aliphatic carbocycles. The first-order chi connectivity index (χ1) is 54.8. The number of nitrogens with zero attached hydrogens (tertiary/aromatic N) is 3. The Labute approximate surface area is 670 Å². The molecule has 25 heteroatoms. The predicted molar refractivity (Wildman–Crippen MR) is 444 cm³/mol. The molecule has 6 aromatic carbocycles. The van der Waals surface area contributed by atoms with Gasteiger partial charge in [0, 0.05) is 61.2 Å². The Hall–Kier alpha value is -12.8. The highest BCUT2D eigenvalue weighted by molar-refractivity contribution is 7.99. The van der Waals surface area contributed by atoms with E-state index in [9.17, 15) is 38.6 Å². The molecule has 3 heterocycles. The molecule has 22 nitrogen and oxygen atoms in total. The minimum atomic E-state index is -0.997. The largest absolute Gasteiger partial charge is 0.497 e. The standard InChI is InChI=1S/C30H32N2O6.C30H28N2O5S2.C29H29FN2O5/c1-18-23(11-19-12-27(37-4)26(16-30(34)35)28(13-19)38-5)22-9-8-21(36-3)14-25(22)24(18)15-29(33)31-17-20-7-6-10-32(20)2;1-18-23(12-19-13-26(35-3)30(27(14-19)36-4)39-11-9-29(33)34)22-8-7-20(31-2)15-25(22)24(18)16-28(38)32-17-21-6-5-10-37-21;1-17-22(10-18-11-26(36-3)25(15-29(34)35)27(12-18)37-4)21-8-7-19(30)13-24(21)23(17)14-28(33)31-16-20-6-5-9-32(20)2/h6-14H,15-17H2,1-5H3,(H,31,33)(H,34,35);5-8,10,12-15H,9,11,16-17H2,1,3-4H3,(H,32,38)(H,33,34);5-13H,14-16H2,1-4H3,(H,31,33)(H,34,35)/b23-11-;23-12-;22-10-. The molecule has 0 spiro atoms. The number of hydrogen-bond acceptors (Lipinski definition) is 15. The third-order valence-electron chi connectivity index (χ3n) is 19.7. The van der Waals surface area contributed by atoms with Crippen LogP contribution in [0.3, 0.4) is 0 Å². The first-order valence-corrected chi connectivity index (χ1v) is 37.5. The molecule has 12 rings (SSSR count). The fourth-order valence-corrected chi connectivity index (χ4v) is 15.1.